The number of fused-ring (bicyclic) bond motifs is 2. The lowest BCUT2D eigenvalue weighted by Gasteiger charge is -2.21. The van der Waals surface area contributed by atoms with Gasteiger partial charge in [0.2, 0.25) is 0 Å². The molecule has 0 spiro atoms. The molecule has 1 amide bonds. The Morgan fingerprint density at radius 1 is 1.07 bits per heavy atom. The predicted molar refractivity (Wildman–Crippen MR) is 101 cm³/mol. The summed E-state index contributed by atoms with van der Waals surface area (Å²) >= 11 is 0. The molecule has 0 radical (unpaired) electrons. The monoisotopic (exact) mass is 366 g/mol. The van der Waals surface area contributed by atoms with E-state index < -0.39 is 0 Å². The van der Waals surface area contributed by atoms with E-state index in [1.54, 1.807) is 31.1 Å². The molecule has 0 fully saturated rings. The lowest BCUT2D eigenvalue weighted by atomic mass is 10.0. The second-order valence-corrected chi connectivity index (χ2v) is 6.64. The molecule has 0 unspecified atom stereocenters. The van der Waals surface area contributed by atoms with Crippen molar-refractivity contribution in [2.75, 3.05) is 27.3 Å². The van der Waals surface area contributed by atoms with E-state index in [0.717, 1.165) is 35.7 Å². The topological polar surface area (TPSA) is 69.0 Å². The van der Waals surface area contributed by atoms with Crippen LogP contribution in [0.5, 0.6) is 11.5 Å². The quantitative estimate of drug-likeness (QED) is 0.711. The van der Waals surface area contributed by atoms with Gasteiger partial charge < -0.3 is 14.4 Å². The first kappa shape index (κ1) is 17.3. The van der Waals surface area contributed by atoms with Crippen LogP contribution in [0.25, 0.3) is 5.65 Å². The number of hydrogen-bond donors (Lipinski definition) is 0. The number of aryl methyl sites for hydroxylation is 1. The summed E-state index contributed by atoms with van der Waals surface area (Å²) in [6.07, 6.45) is 5.00. The molecule has 0 saturated carbocycles. The molecule has 140 valence electrons. The van der Waals surface area contributed by atoms with E-state index in [1.807, 2.05) is 30.0 Å². The summed E-state index contributed by atoms with van der Waals surface area (Å²) in [7, 11) is 3.27. The fourth-order valence-electron chi connectivity index (χ4n) is 3.58. The molecule has 4 rings (SSSR count). The molecule has 0 saturated heterocycles. The average molecular weight is 366 g/mol. The molecule has 0 aliphatic carbocycles. The molecule has 1 aliphatic heterocycles. The molecule has 7 heteroatoms. The van der Waals surface area contributed by atoms with Crippen molar-refractivity contribution in [3.63, 3.8) is 0 Å². The van der Waals surface area contributed by atoms with Gasteiger partial charge in [0.25, 0.3) is 5.91 Å². The zero-order valence-corrected chi connectivity index (χ0v) is 15.7. The Morgan fingerprint density at radius 2 is 1.70 bits per heavy atom. The van der Waals surface area contributed by atoms with E-state index in [1.165, 1.54) is 11.1 Å². The van der Waals surface area contributed by atoms with Crippen molar-refractivity contribution in [1.82, 2.24) is 19.5 Å². The maximum absolute atomic E-state index is 13.1. The number of hydrogen-bond acceptors (Lipinski definition) is 5. The Bertz CT molecular complexity index is 977. The molecular formula is C20H22N4O3. The maximum atomic E-state index is 13.1. The summed E-state index contributed by atoms with van der Waals surface area (Å²) in [6.45, 7) is 3.17. The summed E-state index contributed by atoms with van der Waals surface area (Å²) in [5, 5.41) is 4.19. The molecule has 27 heavy (non-hydrogen) atoms. The number of carbonyl (C=O) groups is 1. The molecular weight excluding hydrogens is 344 g/mol. The molecule has 7 nitrogen and oxygen atoms in total. The fourth-order valence-corrected chi connectivity index (χ4v) is 3.58. The highest BCUT2D eigenvalue weighted by atomic mass is 16.5. The van der Waals surface area contributed by atoms with E-state index in [2.05, 4.69) is 10.1 Å². The van der Waals surface area contributed by atoms with Crippen LogP contribution in [0.15, 0.2) is 30.6 Å². The van der Waals surface area contributed by atoms with Crippen LogP contribution < -0.4 is 9.47 Å². The predicted octanol–water partition coefficient (Wildman–Crippen LogP) is 2.30. The van der Waals surface area contributed by atoms with Gasteiger partial charge in [-0.3, -0.25) is 4.79 Å². The van der Waals surface area contributed by atoms with Crippen LogP contribution in [0.2, 0.25) is 0 Å². The second kappa shape index (κ2) is 6.90. The summed E-state index contributed by atoms with van der Waals surface area (Å²) < 4.78 is 12.5. The van der Waals surface area contributed by atoms with Gasteiger partial charge >= 0.3 is 0 Å². The zero-order valence-electron chi connectivity index (χ0n) is 15.7. The van der Waals surface area contributed by atoms with Gasteiger partial charge in [0.15, 0.2) is 17.1 Å². The van der Waals surface area contributed by atoms with E-state index in [4.69, 9.17) is 9.47 Å². The molecule has 1 aliphatic rings. The Kier molecular flexibility index (Phi) is 4.43. The second-order valence-electron chi connectivity index (χ2n) is 6.64. The van der Waals surface area contributed by atoms with Crippen LogP contribution in [-0.2, 0) is 12.8 Å². The van der Waals surface area contributed by atoms with Gasteiger partial charge in [-0.05, 0) is 43.0 Å². The number of methoxy groups -OCH3 is 2. The number of ether oxygens (including phenoxy) is 2. The largest absolute Gasteiger partial charge is 0.493 e. The molecule has 0 N–H and O–H groups in total. The van der Waals surface area contributed by atoms with Crippen LogP contribution >= 0.6 is 0 Å². The summed E-state index contributed by atoms with van der Waals surface area (Å²) in [4.78, 5) is 19.5. The fraction of sp³-hybridized carbons (Fsp3) is 0.350. The van der Waals surface area contributed by atoms with Gasteiger partial charge in [-0.2, -0.15) is 5.10 Å². The number of benzene rings is 1. The van der Waals surface area contributed by atoms with Crippen molar-refractivity contribution in [1.29, 1.82) is 0 Å². The van der Waals surface area contributed by atoms with Crippen molar-refractivity contribution >= 4 is 11.6 Å². The molecule has 3 heterocycles. The Hall–Kier alpha value is -3.09. The minimum Gasteiger partial charge on any atom is -0.493 e. The van der Waals surface area contributed by atoms with Gasteiger partial charge in [0.05, 0.1) is 31.7 Å². The van der Waals surface area contributed by atoms with Crippen LogP contribution in [0, 0.1) is 6.92 Å². The lowest BCUT2D eigenvalue weighted by molar-refractivity contribution is 0.0761. The third-order valence-corrected chi connectivity index (χ3v) is 5.10. The summed E-state index contributed by atoms with van der Waals surface area (Å²) in [5.74, 6) is 1.43. The molecule has 0 atom stereocenters. The smallest absolute Gasteiger partial charge is 0.257 e. The molecule has 1 aromatic carbocycles. The van der Waals surface area contributed by atoms with E-state index in [9.17, 15) is 4.79 Å². The van der Waals surface area contributed by atoms with Crippen LogP contribution in [0.3, 0.4) is 0 Å². The minimum atomic E-state index is -0.0101. The third kappa shape index (κ3) is 3.09. The number of amides is 1. The van der Waals surface area contributed by atoms with Crippen molar-refractivity contribution < 1.29 is 14.3 Å². The first-order valence-electron chi connectivity index (χ1n) is 8.94. The van der Waals surface area contributed by atoms with Crippen LogP contribution in [-0.4, -0.2) is 52.7 Å². The molecule has 0 bridgehead atoms. The highest BCUT2D eigenvalue weighted by Crippen LogP contribution is 2.32. The van der Waals surface area contributed by atoms with Crippen molar-refractivity contribution in [2.24, 2.45) is 0 Å². The number of nitrogens with zero attached hydrogens (tertiary/aromatic N) is 4. The van der Waals surface area contributed by atoms with Gasteiger partial charge in [-0.25, -0.2) is 9.50 Å². The normalized spacial score (nSPS) is 14.0. The number of rotatable bonds is 3. The van der Waals surface area contributed by atoms with E-state index in [-0.39, 0.29) is 5.91 Å². The standard InChI is InChI=1S/C20H22N4O3/c1-13-16(12-24-19(22-13)4-7-21-24)20(25)23-8-5-14-10-17(26-2)18(27-3)11-15(14)6-9-23/h4,7,10-12H,5-6,8-9H2,1-3H3. The van der Waals surface area contributed by atoms with Crippen molar-refractivity contribution in [3.8, 4) is 11.5 Å². The summed E-state index contributed by atoms with van der Waals surface area (Å²) in [5.41, 5.74) is 4.44. The van der Waals surface area contributed by atoms with Crippen molar-refractivity contribution in [3.05, 3.63) is 53.0 Å². The molecule has 2 aromatic heterocycles. The Balaban J connectivity index is 1.60. The SMILES string of the molecule is COc1cc2c(cc1OC)CCN(C(=O)c1cn3nccc3nc1C)CC2. The minimum absolute atomic E-state index is 0.0101. The van der Waals surface area contributed by atoms with E-state index in [0.29, 0.717) is 18.7 Å². The number of aromatic nitrogens is 3. The van der Waals surface area contributed by atoms with Crippen LogP contribution in [0.4, 0.5) is 0 Å². The van der Waals surface area contributed by atoms with Crippen molar-refractivity contribution in [2.45, 2.75) is 19.8 Å². The maximum Gasteiger partial charge on any atom is 0.257 e. The highest BCUT2D eigenvalue weighted by molar-refractivity contribution is 5.95. The van der Waals surface area contributed by atoms with E-state index >= 15 is 0 Å². The van der Waals surface area contributed by atoms with Gasteiger partial charge in [-0.1, -0.05) is 0 Å². The van der Waals surface area contributed by atoms with Gasteiger partial charge in [-0.15, -0.1) is 0 Å². The average Bonchev–Trinajstić information content (AvgIpc) is 3.03. The summed E-state index contributed by atoms with van der Waals surface area (Å²) in [6, 6.07) is 5.86. The zero-order chi connectivity index (χ0) is 19.0. The van der Waals surface area contributed by atoms with Crippen LogP contribution in [0.1, 0.15) is 27.2 Å². The first-order valence-corrected chi connectivity index (χ1v) is 8.94. The third-order valence-electron chi connectivity index (χ3n) is 5.10. The number of carbonyl (C=O) groups excluding carboxylic acids is 1. The highest BCUT2D eigenvalue weighted by Gasteiger charge is 2.23. The Morgan fingerprint density at radius 3 is 2.30 bits per heavy atom. The first-order chi connectivity index (χ1) is 13.1. The Labute approximate surface area is 157 Å². The van der Waals surface area contributed by atoms with Gasteiger partial charge in [0, 0.05) is 25.4 Å². The lowest BCUT2D eigenvalue weighted by Crippen LogP contribution is -2.34. The van der Waals surface area contributed by atoms with Gasteiger partial charge in [0.1, 0.15) is 0 Å². The molecule has 3 aromatic rings.